The van der Waals surface area contributed by atoms with Gasteiger partial charge < -0.3 is 24.0 Å². The number of likely N-dealkylation sites (N-methyl/N-ethyl adjacent to an activating group) is 2. The maximum Gasteiger partial charge on any atom is 0.414 e. The van der Waals surface area contributed by atoms with Crippen molar-refractivity contribution in [3.05, 3.63) is 65.7 Å². The van der Waals surface area contributed by atoms with Crippen molar-refractivity contribution in [2.45, 2.75) is 59.5 Å². The van der Waals surface area contributed by atoms with E-state index in [0.717, 1.165) is 67.8 Å². The number of amides is 1. The summed E-state index contributed by atoms with van der Waals surface area (Å²) in [5.74, 6) is 2.89. The van der Waals surface area contributed by atoms with Gasteiger partial charge in [0.25, 0.3) is 0 Å². The Kier molecular flexibility index (Phi) is 13.9. The molecule has 8 nitrogen and oxygen atoms in total. The third-order valence-corrected chi connectivity index (χ3v) is 7.49. The maximum atomic E-state index is 12.7. The molecule has 2 heterocycles. The lowest BCUT2D eigenvalue weighted by molar-refractivity contribution is 0.0327. The van der Waals surface area contributed by atoms with Gasteiger partial charge in [0, 0.05) is 37.5 Å². The Labute approximate surface area is 272 Å². The molecular formula is C37H56N4O4. The minimum absolute atomic E-state index is 0.297. The largest absolute Gasteiger partial charge is 0.492 e. The Balaban J connectivity index is 0.000000257. The highest BCUT2D eigenvalue weighted by Crippen LogP contribution is 2.31. The smallest absolute Gasteiger partial charge is 0.414 e. The topological polar surface area (TPSA) is 66.8 Å². The van der Waals surface area contributed by atoms with E-state index in [4.69, 9.17) is 14.2 Å². The van der Waals surface area contributed by atoms with Crippen molar-refractivity contribution in [1.82, 2.24) is 14.7 Å². The van der Waals surface area contributed by atoms with Crippen LogP contribution in [0.1, 0.15) is 65.0 Å². The Morgan fingerprint density at radius 3 is 2.00 bits per heavy atom. The van der Waals surface area contributed by atoms with E-state index >= 15 is 0 Å². The van der Waals surface area contributed by atoms with E-state index in [1.807, 2.05) is 65.2 Å². The summed E-state index contributed by atoms with van der Waals surface area (Å²) in [4.78, 5) is 23.3. The van der Waals surface area contributed by atoms with Crippen LogP contribution < -0.4 is 9.47 Å². The maximum absolute atomic E-state index is 12.7. The summed E-state index contributed by atoms with van der Waals surface area (Å²) < 4.78 is 17.2. The van der Waals surface area contributed by atoms with Crippen LogP contribution >= 0.6 is 0 Å². The standard InChI is InChI=1S/C21H32N2O3.C16H24N2O/c1-16-10-11-19(23(15-16)20(24)26-21(2,3)4)17-8-7-9-18(14-17)25-13-12-22(5)6;1-13-7-8-16(17-12-13)14-5-4-6-15(11-14)19-10-9-18(2)3/h7-9,11,14,16H,10,12-13,15H2,1-6H3;4-6,11,13H,7-10,12H2,1-3H3/t16-;13-/m00/s1. The molecule has 1 amide bonds. The van der Waals surface area contributed by atoms with Crippen molar-refractivity contribution in [3.63, 3.8) is 0 Å². The fraction of sp³-hybridized carbons (Fsp3) is 0.568. The van der Waals surface area contributed by atoms with Gasteiger partial charge in [-0.25, -0.2) is 4.79 Å². The van der Waals surface area contributed by atoms with Crippen LogP contribution in [0, 0.1) is 11.8 Å². The van der Waals surface area contributed by atoms with E-state index in [1.54, 1.807) is 4.90 Å². The molecule has 4 rings (SSSR count). The van der Waals surface area contributed by atoms with Gasteiger partial charge in [-0.15, -0.1) is 0 Å². The van der Waals surface area contributed by atoms with Crippen LogP contribution in [0.3, 0.4) is 0 Å². The molecule has 45 heavy (non-hydrogen) atoms. The van der Waals surface area contributed by atoms with E-state index in [1.165, 1.54) is 17.7 Å². The lowest BCUT2D eigenvalue weighted by Crippen LogP contribution is -2.39. The van der Waals surface area contributed by atoms with Gasteiger partial charge in [0.05, 0.1) is 5.70 Å². The Morgan fingerprint density at radius 1 is 0.889 bits per heavy atom. The second-order valence-electron chi connectivity index (χ2n) is 13.8. The number of rotatable bonds is 10. The van der Waals surface area contributed by atoms with E-state index in [-0.39, 0.29) is 6.09 Å². The first-order chi connectivity index (χ1) is 21.3. The second-order valence-corrected chi connectivity index (χ2v) is 13.8. The van der Waals surface area contributed by atoms with Gasteiger partial charge in [-0.05, 0) is 110 Å². The molecule has 0 bridgehead atoms. The summed E-state index contributed by atoms with van der Waals surface area (Å²) >= 11 is 0. The zero-order valence-electron chi connectivity index (χ0n) is 29.1. The van der Waals surface area contributed by atoms with E-state index in [9.17, 15) is 4.79 Å². The highest BCUT2D eigenvalue weighted by atomic mass is 16.6. The molecule has 0 fully saturated rings. The third-order valence-electron chi connectivity index (χ3n) is 7.49. The van der Waals surface area contributed by atoms with Crippen molar-refractivity contribution in [1.29, 1.82) is 0 Å². The predicted molar refractivity (Wildman–Crippen MR) is 185 cm³/mol. The normalized spacial score (nSPS) is 18.5. The van der Waals surface area contributed by atoms with Gasteiger partial charge >= 0.3 is 6.09 Å². The average molecular weight is 621 g/mol. The van der Waals surface area contributed by atoms with Gasteiger partial charge in [0.15, 0.2) is 0 Å². The number of hydrogen-bond acceptors (Lipinski definition) is 7. The summed E-state index contributed by atoms with van der Waals surface area (Å²) in [7, 11) is 8.15. The molecule has 0 saturated carbocycles. The molecule has 2 aliphatic rings. The highest BCUT2D eigenvalue weighted by molar-refractivity contribution is 6.01. The van der Waals surface area contributed by atoms with Gasteiger partial charge in [-0.2, -0.15) is 0 Å². The van der Waals surface area contributed by atoms with Crippen molar-refractivity contribution >= 4 is 17.5 Å². The van der Waals surface area contributed by atoms with Gasteiger partial charge in [-0.1, -0.05) is 44.2 Å². The van der Waals surface area contributed by atoms with E-state index in [2.05, 4.69) is 67.0 Å². The summed E-state index contributed by atoms with van der Waals surface area (Å²) in [5, 5.41) is 0. The van der Waals surface area contributed by atoms with Crippen LogP contribution in [-0.2, 0) is 4.74 Å². The summed E-state index contributed by atoms with van der Waals surface area (Å²) in [6, 6.07) is 16.2. The minimum Gasteiger partial charge on any atom is -0.492 e. The number of benzene rings is 2. The molecule has 2 aromatic rings. The Hall–Kier alpha value is -3.36. The van der Waals surface area contributed by atoms with Gasteiger partial charge in [0.2, 0.25) is 0 Å². The van der Waals surface area contributed by atoms with Crippen molar-refractivity contribution < 1.29 is 19.0 Å². The molecule has 0 radical (unpaired) electrons. The molecular weight excluding hydrogens is 564 g/mol. The van der Waals surface area contributed by atoms with Crippen molar-refractivity contribution in [3.8, 4) is 11.5 Å². The van der Waals surface area contributed by atoms with Crippen LogP contribution in [0.2, 0.25) is 0 Å². The zero-order chi connectivity index (χ0) is 33.0. The lowest BCUT2D eigenvalue weighted by Gasteiger charge is -2.34. The number of ether oxygens (including phenoxy) is 3. The summed E-state index contributed by atoms with van der Waals surface area (Å²) in [6.45, 7) is 14.8. The molecule has 2 atom stereocenters. The number of carbonyl (C=O) groups excluding carboxylic acids is 1. The van der Waals surface area contributed by atoms with Crippen molar-refractivity contribution in [2.24, 2.45) is 16.8 Å². The molecule has 2 aromatic carbocycles. The molecule has 8 heteroatoms. The Bertz CT molecular complexity index is 1280. The first-order valence-electron chi connectivity index (χ1n) is 16.3. The molecule has 0 aliphatic carbocycles. The second kappa shape index (κ2) is 17.4. The zero-order valence-corrected chi connectivity index (χ0v) is 29.1. The Morgan fingerprint density at radius 2 is 1.47 bits per heavy atom. The molecule has 0 saturated heterocycles. The lowest BCUT2D eigenvalue weighted by atomic mass is 9.96. The third kappa shape index (κ3) is 12.9. The fourth-order valence-electron chi connectivity index (χ4n) is 4.93. The number of aliphatic imine (C=N–C) groups is 1. The number of hydrogen-bond donors (Lipinski definition) is 0. The molecule has 248 valence electrons. The quantitative estimate of drug-likeness (QED) is 0.283. The van der Waals surface area contributed by atoms with Crippen LogP contribution in [0.25, 0.3) is 5.70 Å². The molecule has 0 N–H and O–H groups in total. The number of nitrogens with zero attached hydrogens (tertiary/aromatic N) is 4. The minimum atomic E-state index is -0.514. The molecule has 0 spiro atoms. The van der Waals surface area contributed by atoms with Crippen LogP contribution in [0.15, 0.2) is 59.6 Å². The molecule has 0 aromatic heterocycles. The summed E-state index contributed by atoms with van der Waals surface area (Å²) in [5.41, 5.74) is 3.81. The van der Waals surface area contributed by atoms with Crippen molar-refractivity contribution in [2.75, 3.05) is 67.6 Å². The van der Waals surface area contributed by atoms with Crippen LogP contribution in [0.5, 0.6) is 11.5 Å². The number of carbonyl (C=O) groups is 1. The van der Waals surface area contributed by atoms with E-state index < -0.39 is 5.60 Å². The summed E-state index contributed by atoms with van der Waals surface area (Å²) in [6.07, 6.45) is 5.10. The van der Waals surface area contributed by atoms with Crippen LogP contribution in [0.4, 0.5) is 4.79 Å². The monoisotopic (exact) mass is 620 g/mol. The SMILES string of the molecule is C[C@H]1CC=C(c2cccc(OCCN(C)C)c2)N(C(=O)OC(C)(C)C)C1.C[C@H]1CCC(c2cccc(OCCN(C)C)c2)=NC1. The van der Waals surface area contributed by atoms with Gasteiger partial charge in [-0.3, -0.25) is 9.89 Å². The fourth-order valence-corrected chi connectivity index (χ4v) is 4.93. The molecule has 2 aliphatic heterocycles. The van der Waals surface area contributed by atoms with Gasteiger partial charge in [0.1, 0.15) is 30.3 Å². The highest BCUT2D eigenvalue weighted by Gasteiger charge is 2.29. The predicted octanol–water partition coefficient (Wildman–Crippen LogP) is 7.09. The first-order valence-corrected chi connectivity index (χ1v) is 16.3. The average Bonchev–Trinajstić information content (AvgIpc) is 2.97. The first kappa shape index (κ1) is 36.1. The molecule has 0 unspecified atom stereocenters. The van der Waals surface area contributed by atoms with E-state index in [0.29, 0.717) is 19.1 Å². The number of allylic oxidation sites excluding steroid dienone is 1. The van der Waals surface area contributed by atoms with Crippen LogP contribution in [-0.4, -0.2) is 99.7 Å².